The molecule has 0 aromatic carbocycles. The lowest BCUT2D eigenvalue weighted by Gasteiger charge is -2.03. The molecule has 1 aromatic rings. The molecule has 8 nitrogen and oxygen atoms in total. The van der Waals surface area contributed by atoms with Gasteiger partial charge in [0.05, 0.1) is 12.4 Å². The highest BCUT2D eigenvalue weighted by atomic mass is 32.2. The molecule has 1 N–H and O–H groups in total. The summed E-state index contributed by atoms with van der Waals surface area (Å²) in [6.07, 6.45) is 1.84. The summed E-state index contributed by atoms with van der Waals surface area (Å²) in [5.41, 5.74) is 0. The molecule has 0 aliphatic heterocycles. The quantitative estimate of drug-likeness (QED) is 0.296. The van der Waals surface area contributed by atoms with Crippen LogP contribution in [0, 0.1) is 0 Å². The maximum atomic E-state index is 10.5. The summed E-state index contributed by atoms with van der Waals surface area (Å²) in [6, 6.07) is 0. The molecule has 1 heterocycles. The molecule has 1 aromatic heterocycles. The molecule has 0 fully saturated rings. The van der Waals surface area contributed by atoms with E-state index in [1.54, 1.807) is 0 Å². The Morgan fingerprint density at radius 1 is 1.19 bits per heavy atom. The minimum atomic E-state index is -3.97. The van der Waals surface area contributed by atoms with Crippen molar-refractivity contribution in [2.75, 3.05) is 30.1 Å². The first-order valence-electron chi connectivity index (χ1n) is 5.39. The molecule has 1 rings (SSSR count). The van der Waals surface area contributed by atoms with Gasteiger partial charge in [-0.2, -0.15) is 8.42 Å². The van der Waals surface area contributed by atoms with E-state index >= 15 is 0 Å². The fourth-order valence-corrected chi connectivity index (χ4v) is 3.27. The van der Waals surface area contributed by atoms with Crippen LogP contribution in [-0.4, -0.2) is 67.9 Å². The number of nitrogens with zero attached hydrogens (tertiary/aromatic N) is 4. The fourth-order valence-electron chi connectivity index (χ4n) is 0.882. The van der Waals surface area contributed by atoms with Crippen LogP contribution in [0.1, 0.15) is 0 Å². The summed E-state index contributed by atoms with van der Waals surface area (Å²) in [5.74, 6) is 0.373. The lowest BCUT2D eigenvalue weighted by Crippen LogP contribution is -2.07. The van der Waals surface area contributed by atoms with Crippen molar-refractivity contribution in [3.8, 4) is 0 Å². The third kappa shape index (κ3) is 9.42. The van der Waals surface area contributed by atoms with Crippen LogP contribution in [0.25, 0.3) is 0 Å². The van der Waals surface area contributed by atoms with Crippen molar-refractivity contribution >= 4 is 62.0 Å². The first-order chi connectivity index (χ1) is 9.90. The van der Waals surface area contributed by atoms with Gasteiger partial charge in [0.15, 0.2) is 0 Å². The SMILES string of the molecule is CSC(=S)OCCSc1nnc(SCCS(=O)(=O)O)nn1. The van der Waals surface area contributed by atoms with Crippen molar-refractivity contribution in [1.29, 1.82) is 0 Å². The molecular formula is C8H12N4O4S5. The normalized spacial score (nSPS) is 11.3. The second-order valence-electron chi connectivity index (χ2n) is 3.25. The van der Waals surface area contributed by atoms with E-state index in [2.05, 4.69) is 20.4 Å². The maximum Gasteiger partial charge on any atom is 0.265 e. The molecule has 0 atom stereocenters. The molecule has 0 spiro atoms. The zero-order valence-electron chi connectivity index (χ0n) is 10.8. The third-order valence-electron chi connectivity index (χ3n) is 1.72. The van der Waals surface area contributed by atoms with Crippen LogP contribution in [0.4, 0.5) is 0 Å². The molecule has 13 heteroatoms. The van der Waals surface area contributed by atoms with E-state index in [1.807, 2.05) is 6.26 Å². The highest BCUT2D eigenvalue weighted by Gasteiger charge is 2.07. The number of hydrogen-bond donors (Lipinski definition) is 1. The number of rotatable bonds is 8. The molecule has 21 heavy (non-hydrogen) atoms. The van der Waals surface area contributed by atoms with Gasteiger partial charge in [-0.05, 0) is 18.5 Å². The predicted molar refractivity (Wildman–Crippen MR) is 87.6 cm³/mol. The Labute approximate surface area is 140 Å². The van der Waals surface area contributed by atoms with Crippen LogP contribution < -0.4 is 0 Å². The Bertz CT molecular complexity index is 552. The predicted octanol–water partition coefficient (Wildman–Crippen LogP) is 1.00. The molecule has 0 saturated carbocycles. The Balaban J connectivity index is 2.28. The van der Waals surface area contributed by atoms with Gasteiger partial charge in [0, 0.05) is 11.5 Å². The molecule has 0 aliphatic carbocycles. The number of ether oxygens (including phenoxy) is 1. The third-order valence-corrected chi connectivity index (χ3v) is 5.39. The summed E-state index contributed by atoms with van der Waals surface area (Å²) >= 11 is 8.62. The summed E-state index contributed by atoms with van der Waals surface area (Å²) < 4.78 is 35.3. The van der Waals surface area contributed by atoms with Gasteiger partial charge in [-0.3, -0.25) is 4.55 Å². The number of hydrogen-bond acceptors (Lipinski definition) is 11. The second-order valence-corrected chi connectivity index (χ2v) is 8.36. The highest BCUT2D eigenvalue weighted by molar-refractivity contribution is 8.22. The van der Waals surface area contributed by atoms with Gasteiger partial charge in [0.1, 0.15) is 0 Å². The van der Waals surface area contributed by atoms with E-state index in [0.717, 1.165) is 11.8 Å². The Hall–Kier alpha value is -0.210. The molecule has 118 valence electrons. The maximum absolute atomic E-state index is 10.5. The van der Waals surface area contributed by atoms with Crippen molar-refractivity contribution in [3.05, 3.63) is 0 Å². The molecule has 0 aliphatic rings. The van der Waals surface area contributed by atoms with Crippen LogP contribution in [0.2, 0.25) is 0 Å². The zero-order valence-corrected chi connectivity index (χ0v) is 14.9. The van der Waals surface area contributed by atoms with E-state index in [1.165, 1.54) is 23.5 Å². The van der Waals surface area contributed by atoms with Gasteiger partial charge < -0.3 is 4.74 Å². The molecule has 0 amide bonds. The highest BCUT2D eigenvalue weighted by Crippen LogP contribution is 2.14. The van der Waals surface area contributed by atoms with Gasteiger partial charge in [-0.1, -0.05) is 35.3 Å². The Morgan fingerprint density at radius 2 is 1.71 bits per heavy atom. The van der Waals surface area contributed by atoms with Gasteiger partial charge >= 0.3 is 0 Å². The Morgan fingerprint density at radius 3 is 2.19 bits per heavy atom. The van der Waals surface area contributed by atoms with E-state index in [9.17, 15) is 8.42 Å². The van der Waals surface area contributed by atoms with Crippen molar-refractivity contribution in [1.82, 2.24) is 20.4 Å². The minimum absolute atomic E-state index is 0.134. The molecular weight excluding hydrogens is 376 g/mol. The van der Waals surface area contributed by atoms with E-state index in [0.29, 0.717) is 21.9 Å². The second kappa shape index (κ2) is 9.74. The molecule has 0 unspecified atom stereocenters. The van der Waals surface area contributed by atoms with E-state index < -0.39 is 10.1 Å². The van der Waals surface area contributed by atoms with Crippen LogP contribution in [0.3, 0.4) is 0 Å². The number of thiocarbonyl (C=S) groups is 1. The monoisotopic (exact) mass is 388 g/mol. The lowest BCUT2D eigenvalue weighted by atomic mass is 10.9. The molecule has 0 bridgehead atoms. The first-order valence-corrected chi connectivity index (χ1v) is 10.6. The first kappa shape index (κ1) is 18.8. The summed E-state index contributed by atoms with van der Waals surface area (Å²) in [6.45, 7) is 0.443. The average molecular weight is 389 g/mol. The van der Waals surface area contributed by atoms with Crippen LogP contribution in [0.15, 0.2) is 10.3 Å². The zero-order chi connectivity index (χ0) is 15.7. The van der Waals surface area contributed by atoms with Crippen molar-refractivity contribution < 1.29 is 17.7 Å². The standard InChI is InChI=1S/C8H12N4O4S5/c1-18-8(17)16-2-3-19-6-9-11-7(12-10-6)20-4-5-21(13,14)15/h2-5H2,1H3,(H,13,14,15). The smallest absolute Gasteiger partial charge is 0.265 e. The fraction of sp³-hybridized carbons (Fsp3) is 0.625. The van der Waals surface area contributed by atoms with Gasteiger partial charge in [0.2, 0.25) is 14.7 Å². The number of thioether (sulfide) groups is 3. The van der Waals surface area contributed by atoms with E-state index in [-0.39, 0.29) is 16.7 Å². The Kier molecular flexibility index (Phi) is 8.73. The van der Waals surface area contributed by atoms with E-state index in [4.69, 9.17) is 21.5 Å². The molecule has 0 saturated heterocycles. The summed E-state index contributed by atoms with van der Waals surface area (Å²) in [5, 5.41) is 15.9. The molecule has 0 radical (unpaired) electrons. The van der Waals surface area contributed by atoms with Gasteiger partial charge in [0.25, 0.3) is 10.1 Å². The van der Waals surface area contributed by atoms with Crippen LogP contribution in [0.5, 0.6) is 0 Å². The lowest BCUT2D eigenvalue weighted by molar-refractivity contribution is 0.350. The number of aromatic nitrogens is 4. The average Bonchev–Trinajstić information content (AvgIpc) is 2.43. The van der Waals surface area contributed by atoms with Gasteiger partial charge in [-0.25, -0.2) is 0 Å². The van der Waals surface area contributed by atoms with Gasteiger partial charge in [-0.15, -0.1) is 20.4 Å². The minimum Gasteiger partial charge on any atom is -0.478 e. The largest absolute Gasteiger partial charge is 0.478 e. The summed E-state index contributed by atoms with van der Waals surface area (Å²) in [4.78, 5) is 0. The summed E-state index contributed by atoms with van der Waals surface area (Å²) in [7, 11) is -3.97. The van der Waals surface area contributed by atoms with Crippen molar-refractivity contribution in [2.24, 2.45) is 0 Å². The van der Waals surface area contributed by atoms with Crippen LogP contribution >= 0.6 is 47.5 Å². The van der Waals surface area contributed by atoms with Crippen molar-refractivity contribution in [2.45, 2.75) is 10.3 Å². The topological polar surface area (TPSA) is 115 Å². The van der Waals surface area contributed by atoms with Crippen molar-refractivity contribution in [3.63, 3.8) is 0 Å². The van der Waals surface area contributed by atoms with Crippen LogP contribution in [-0.2, 0) is 14.9 Å².